The molecule has 0 unspecified atom stereocenters. The Morgan fingerprint density at radius 2 is 1.30 bits per heavy atom. The Morgan fingerprint density at radius 1 is 0.833 bits per heavy atom. The monoisotopic (exact) mass is 1150 g/mol. The second-order valence-corrected chi connectivity index (χ2v) is 15.2. The summed E-state index contributed by atoms with van der Waals surface area (Å²) in [7, 11) is 0. The Bertz CT molecular complexity index is 1230. The molecule has 2 saturated carbocycles. The number of carboxylic acids is 4. The van der Waals surface area contributed by atoms with Crippen LogP contribution in [-0.2, 0) is 28.8 Å². The minimum absolute atomic E-state index is 0. The molecule has 0 aliphatic heterocycles. The SMILES string of the molecule is CC1(C)C[C@@H]1C(=O)N/C(=C\CCCCSC[C@H](N)C(=O)O)C(=O)O.CCCCC/C=C(\CC(=O)[C@H]1CC1(C)C)C(=O)O.I.II.N[C@@H](CS)C(=O)O.[Na+].[OH-]. The number of carbonyl (C=O) groups is 6. The first-order valence-electron chi connectivity index (χ1n) is 16.7. The average molecular weight is 1150 g/mol. The van der Waals surface area contributed by atoms with Crippen molar-refractivity contribution in [2.75, 3.05) is 17.3 Å². The Balaban J connectivity index is -0.000000236. The van der Waals surface area contributed by atoms with E-state index in [1.165, 1.54) is 17.8 Å². The van der Waals surface area contributed by atoms with Crippen LogP contribution in [0.3, 0.4) is 0 Å². The van der Waals surface area contributed by atoms with Crippen molar-refractivity contribution < 1.29 is 84.2 Å². The molecule has 0 spiro atoms. The summed E-state index contributed by atoms with van der Waals surface area (Å²) < 4.78 is 0. The molecular formula is C34H59I3N3NaO11S2. The van der Waals surface area contributed by atoms with Gasteiger partial charge in [0, 0.05) is 72.6 Å². The van der Waals surface area contributed by atoms with Gasteiger partial charge in [0.15, 0.2) is 0 Å². The predicted octanol–water partition coefficient (Wildman–Crippen LogP) is 3.56. The minimum atomic E-state index is -1.14. The largest absolute Gasteiger partial charge is 1.00 e. The fourth-order valence-corrected chi connectivity index (χ4v) is 5.64. The number of aliphatic carboxylic acids is 4. The molecule has 0 saturated heterocycles. The first kappa shape index (κ1) is 63.4. The van der Waals surface area contributed by atoms with E-state index in [1.807, 2.05) is 13.8 Å². The van der Waals surface area contributed by atoms with Crippen LogP contribution in [0.4, 0.5) is 0 Å². The second-order valence-electron chi connectivity index (χ2n) is 13.7. The Labute approximate surface area is 392 Å². The van der Waals surface area contributed by atoms with Gasteiger partial charge in [-0.1, -0.05) is 59.6 Å². The Kier molecular flexibility index (Phi) is 40.1. The van der Waals surface area contributed by atoms with Gasteiger partial charge in [-0.3, -0.25) is 19.2 Å². The van der Waals surface area contributed by atoms with Gasteiger partial charge >= 0.3 is 53.4 Å². The van der Waals surface area contributed by atoms with Gasteiger partial charge < -0.3 is 42.7 Å². The van der Waals surface area contributed by atoms with Gasteiger partial charge in [-0.05, 0) is 61.5 Å². The number of rotatable bonds is 21. The maximum atomic E-state index is 12.0. The molecule has 2 aliphatic rings. The molecule has 2 rings (SSSR count). The number of hydrogen-bond acceptors (Lipinski definition) is 11. The summed E-state index contributed by atoms with van der Waals surface area (Å²) in [6.07, 6.45) is 11.1. The molecule has 14 nitrogen and oxygen atoms in total. The molecule has 1 amide bonds. The van der Waals surface area contributed by atoms with Crippen LogP contribution < -0.4 is 46.3 Å². The van der Waals surface area contributed by atoms with Crippen molar-refractivity contribution in [1.29, 1.82) is 0 Å². The van der Waals surface area contributed by atoms with Crippen molar-refractivity contribution in [1.82, 2.24) is 5.32 Å². The van der Waals surface area contributed by atoms with E-state index in [2.05, 4.69) is 75.9 Å². The van der Waals surface area contributed by atoms with Crippen molar-refractivity contribution in [2.24, 2.45) is 34.1 Å². The zero-order valence-corrected chi connectivity index (χ0v) is 42.4. The minimum Gasteiger partial charge on any atom is -0.870 e. The number of unbranched alkanes of at least 4 members (excludes halogenated alkanes) is 5. The van der Waals surface area contributed by atoms with Gasteiger partial charge in [0.2, 0.25) is 5.91 Å². The smallest absolute Gasteiger partial charge is 0.870 e. The quantitative estimate of drug-likeness (QED) is 0.0269. The molecule has 0 radical (unpaired) electrons. The van der Waals surface area contributed by atoms with E-state index in [9.17, 15) is 28.8 Å². The maximum absolute atomic E-state index is 12.0. The summed E-state index contributed by atoms with van der Waals surface area (Å²) in [4.78, 5) is 66.4. The Morgan fingerprint density at radius 3 is 1.67 bits per heavy atom. The van der Waals surface area contributed by atoms with E-state index >= 15 is 0 Å². The number of allylic oxidation sites excluding steroid dienone is 2. The van der Waals surface area contributed by atoms with Crippen LogP contribution in [0, 0.1) is 22.7 Å². The predicted molar refractivity (Wildman–Crippen MR) is 239 cm³/mol. The second kappa shape index (κ2) is 34.2. The number of halogens is 3. The number of amides is 1. The zero-order valence-electron chi connectivity index (χ0n) is 32.0. The average Bonchev–Trinajstić information content (AvgIpc) is 3.93. The number of ketones is 1. The van der Waals surface area contributed by atoms with Crippen LogP contribution in [-0.4, -0.2) is 90.8 Å². The standard InChI is InChI=1S/C16H26N2O5S.C15H24O3.C3H7NO2S.I2.HI.Na.H2O/c1-16(2)8-10(16)13(19)18-12(15(22)23)6-4-3-5-7-24-9-11(17)14(20)21;1-4-5-6-7-8-11(14(17)18)9-13(16)12-10-15(12,2)3;4-2(1-7)3(5)6;1-2;;;/h6,10-11H,3-5,7-9,17H2,1-2H3,(H,18,19)(H,20,21)(H,22,23);8,12H,4-7,9-10H2,1-3H3,(H,17,18);2,7H,1,4H2,(H,5,6);;1H;;1H2/q;;;;;+1;/p-1/b12-6-;11-8+;;;;;/t10-,11+;12-;2-;;;;/m110..../s1. The molecular weight excluding hydrogens is 1090 g/mol. The van der Waals surface area contributed by atoms with Crippen molar-refractivity contribution in [3.05, 3.63) is 23.4 Å². The maximum Gasteiger partial charge on any atom is 1.00 e. The number of Topliss-reactive ketones (excluding diaryl/α,β-unsaturated/α-hetero) is 1. The van der Waals surface area contributed by atoms with Crippen molar-refractivity contribution in [3.63, 3.8) is 0 Å². The van der Waals surface area contributed by atoms with E-state index in [0.717, 1.165) is 57.1 Å². The number of nitrogens with one attached hydrogen (secondary N) is 1. The molecule has 2 aliphatic carbocycles. The fourth-order valence-electron chi connectivity index (χ4n) is 4.51. The van der Waals surface area contributed by atoms with Gasteiger partial charge in [0.05, 0.1) is 0 Å². The normalized spacial score (nSPS) is 18.1. The van der Waals surface area contributed by atoms with Crippen LogP contribution >= 0.6 is 85.6 Å². The van der Waals surface area contributed by atoms with Crippen molar-refractivity contribution >= 4 is 121 Å². The summed E-state index contributed by atoms with van der Waals surface area (Å²) in [5, 5.41) is 37.4. The number of nitrogens with two attached hydrogens (primary N) is 2. The molecule has 0 heterocycles. The van der Waals surface area contributed by atoms with E-state index in [1.54, 1.807) is 6.08 Å². The number of thiol groups is 1. The molecule has 0 aromatic heterocycles. The van der Waals surface area contributed by atoms with Crippen molar-refractivity contribution in [3.8, 4) is 0 Å². The molecule has 0 aromatic carbocycles. The van der Waals surface area contributed by atoms with Gasteiger partial charge in [-0.2, -0.15) is 24.4 Å². The van der Waals surface area contributed by atoms with Crippen LogP contribution in [0.2, 0.25) is 0 Å². The summed E-state index contributed by atoms with van der Waals surface area (Å²) in [5.74, 6) is -2.97. The molecule has 4 atom stereocenters. The molecule has 0 bridgehead atoms. The molecule has 54 heavy (non-hydrogen) atoms. The van der Waals surface area contributed by atoms with Gasteiger partial charge in [-0.15, -0.1) is 24.0 Å². The van der Waals surface area contributed by atoms with Crippen LogP contribution in [0.1, 0.15) is 98.8 Å². The number of carboxylic acid groups (broad SMARTS) is 4. The van der Waals surface area contributed by atoms with Gasteiger partial charge in [0.1, 0.15) is 23.6 Å². The zero-order chi connectivity index (χ0) is 39.9. The number of hydrogen-bond donors (Lipinski definition) is 8. The third-order valence-corrected chi connectivity index (χ3v) is 9.84. The fraction of sp³-hybridized carbons (Fsp3) is 0.706. The molecule has 0 aromatic rings. The topological polar surface area (TPSA) is 277 Å². The summed E-state index contributed by atoms with van der Waals surface area (Å²) in [6.45, 7) is 10.2. The molecule has 310 valence electrons. The van der Waals surface area contributed by atoms with Crippen LogP contribution in [0.5, 0.6) is 0 Å². The number of carbonyl (C=O) groups excluding carboxylic acids is 2. The van der Waals surface area contributed by atoms with E-state index in [-0.39, 0.29) is 117 Å². The summed E-state index contributed by atoms with van der Waals surface area (Å²) in [6, 6.07) is -1.67. The van der Waals surface area contributed by atoms with Gasteiger partial charge in [-0.25, -0.2) is 9.59 Å². The van der Waals surface area contributed by atoms with Crippen molar-refractivity contribution in [2.45, 2.75) is 111 Å². The summed E-state index contributed by atoms with van der Waals surface area (Å²) in [5.41, 5.74) is 10.6. The van der Waals surface area contributed by atoms with E-state index in [0.29, 0.717) is 12.2 Å². The van der Waals surface area contributed by atoms with Crippen LogP contribution in [0.25, 0.3) is 0 Å². The molecule has 2 fully saturated rings. The third-order valence-electron chi connectivity index (χ3n) is 8.28. The first-order chi connectivity index (χ1) is 23.7. The molecule has 20 heteroatoms. The van der Waals surface area contributed by atoms with E-state index in [4.69, 9.17) is 31.9 Å². The summed E-state index contributed by atoms with van der Waals surface area (Å²) >= 11 is 9.35. The van der Waals surface area contributed by atoms with Gasteiger partial charge in [0.25, 0.3) is 0 Å². The number of thioether (sulfide) groups is 1. The molecule has 10 N–H and O–H groups in total. The van der Waals surface area contributed by atoms with E-state index < -0.39 is 36.0 Å². The Hall–Kier alpha value is 0.270. The third kappa shape index (κ3) is 29.5. The van der Waals surface area contributed by atoms with Crippen LogP contribution in [0.15, 0.2) is 23.4 Å². The first-order valence-corrected chi connectivity index (χ1v) is 24.8.